The van der Waals surface area contributed by atoms with Gasteiger partial charge >= 0.3 is 0 Å². The standard InChI is InChI=1S/C22H33N5O2/c1-2-23-22(24-11-6-7-16-28-19-20-8-4-3-5-9-20)27-14-12-26(13-15-27)18-21-10-17-29-25-21/h3-5,8-10,17H,2,6-7,11-16,18-19H2,1H3,(H,23,24). The van der Waals surface area contributed by atoms with E-state index in [-0.39, 0.29) is 0 Å². The van der Waals surface area contributed by atoms with Gasteiger partial charge in [0.15, 0.2) is 5.96 Å². The molecule has 0 atom stereocenters. The molecule has 1 saturated heterocycles. The molecule has 0 aliphatic carbocycles. The van der Waals surface area contributed by atoms with E-state index in [4.69, 9.17) is 14.3 Å². The number of aromatic nitrogens is 1. The summed E-state index contributed by atoms with van der Waals surface area (Å²) < 4.78 is 10.7. The van der Waals surface area contributed by atoms with E-state index in [1.165, 1.54) is 5.56 Å². The summed E-state index contributed by atoms with van der Waals surface area (Å²) in [6.07, 6.45) is 3.70. The maximum Gasteiger partial charge on any atom is 0.194 e. The Morgan fingerprint density at radius 1 is 1.14 bits per heavy atom. The predicted octanol–water partition coefficient (Wildman–Crippen LogP) is 2.75. The van der Waals surface area contributed by atoms with Crippen LogP contribution in [-0.2, 0) is 17.9 Å². The highest BCUT2D eigenvalue weighted by atomic mass is 16.5. The third kappa shape index (κ3) is 7.51. The minimum Gasteiger partial charge on any atom is -0.377 e. The molecule has 0 radical (unpaired) electrons. The molecule has 3 rings (SSSR count). The van der Waals surface area contributed by atoms with Crippen LogP contribution in [0.25, 0.3) is 0 Å². The van der Waals surface area contributed by atoms with Crippen LogP contribution in [0.2, 0.25) is 0 Å². The van der Waals surface area contributed by atoms with Gasteiger partial charge in [-0.25, -0.2) is 0 Å². The second-order valence-electron chi connectivity index (χ2n) is 7.23. The molecule has 0 saturated carbocycles. The highest BCUT2D eigenvalue weighted by molar-refractivity contribution is 5.80. The molecule has 1 fully saturated rings. The smallest absolute Gasteiger partial charge is 0.194 e. The Morgan fingerprint density at radius 2 is 1.97 bits per heavy atom. The van der Waals surface area contributed by atoms with Crippen molar-refractivity contribution in [1.82, 2.24) is 20.3 Å². The molecule has 0 unspecified atom stereocenters. The second kappa shape index (κ2) is 12.2. The summed E-state index contributed by atoms with van der Waals surface area (Å²) in [7, 11) is 0. The Labute approximate surface area is 173 Å². The molecule has 2 heterocycles. The fourth-order valence-corrected chi connectivity index (χ4v) is 3.36. The van der Waals surface area contributed by atoms with Gasteiger partial charge in [0.25, 0.3) is 0 Å². The van der Waals surface area contributed by atoms with Crippen molar-refractivity contribution >= 4 is 5.96 Å². The number of benzene rings is 1. The lowest BCUT2D eigenvalue weighted by atomic mass is 10.2. The van der Waals surface area contributed by atoms with Crippen LogP contribution in [0.4, 0.5) is 0 Å². The van der Waals surface area contributed by atoms with E-state index in [0.29, 0.717) is 6.61 Å². The SMILES string of the molecule is CCNC(=NCCCCOCc1ccccc1)N1CCN(Cc2ccon2)CC1. The zero-order chi connectivity index (χ0) is 20.2. The number of rotatable bonds is 10. The monoisotopic (exact) mass is 399 g/mol. The molecule has 0 bridgehead atoms. The van der Waals surface area contributed by atoms with Crippen molar-refractivity contribution < 1.29 is 9.26 Å². The van der Waals surface area contributed by atoms with Gasteiger partial charge in [-0.3, -0.25) is 9.89 Å². The number of hydrogen-bond donors (Lipinski definition) is 1. The normalized spacial score (nSPS) is 15.6. The van der Waals surface area contributed by atoms with Crippen LogP contribution >= 0.6 is 0 Å². The van der Waals surface area contributed by atoms with Gasteiger partial charge < -0.3 is 19.5 Å². The zero-order valence-electron chi connectivity index (χ0n) is 17.4. The van der Waals surface area contributed by atoms with Crippen LogP contribution in [0.1, 0.15) is 31.0 Å². The first-order valence-electron chi connectivity index (χ1n) is 10.6. The van der Waals surface area contributed by atoms with Crippen molar-refractivity contribution in [2.45, 2.75) is 32.9 Å². The van der Waals surface area contributed by atoms with Gasteiger partial charge in [0.2, 0.25) is 0 Å². The minimum atomic E-state index is 0.686. The highest BCUT2D eigenvalue weighted by Gasteiger charge is 2.20. The van der Waals surface area contributed by atoms with E-state index in [9.17, 15) is 0 Å². The van der Waals surface area contributed by atoms with Crippen molar-refractivity contribution in [1.29, 1.82) is 0 Å². The number of hydrogen-bond acceptors (Lipinski definition) is 5. The van der Waals surface area contributed by atoms with Crippen molar-refractivity contribution in [2.24, 2.45) is 4.99 Å². The molecule has 1 aliphatic rings. The number of piperazine rings is 1. The molecule has 1 aliphatic heterocycles. The van der Waals surface area contributed by atoms with Crippen molar-refractivity contribution in [3.05, 3.63) is 53.9 Å². The summed E-state index contributed by atoms with van der Waals surface area (Å²) >= 11 is 0. The van der Waals surface area contributed by atoms with Gasteiger partial charge in [-0.2, -0.15) is 0 Å². The molecule has 0 spiro atoms. The zero-order valence-corrected chi connectivity index (χ0v) is 17.4. The van der Waals surface area contributed by atoms with Gasteiger partial charge in [-0.1, -0.05) is 35.5 Å². The Balaban J connectivity index is 1.33. The van der Waals surface area contributed by atoms with Gasteiger partial charge in [-0.15, -0.1) is 0 Å². The molecular formula is C22H33N5O2. The Bertz CT molecular complexity index is 697. The lowest BCUT2D eigenvalue weighted by Crippen LogP contribution is -2.52. The molecule has 1 N–H and O–H groups in total. The molecule has 7 heteroatoms. The van der Waals surface area contributed by atoms with E-state index < -0.39 is 0 Å². The molecular weight excluding hydrogens is 366 g/mol. The number of aliphatic imine (C=N–C) groups is 1. The van der Waals surface area contributed by atoms with Gasteiger partial charge in [0.1, 0.15) is 6.26 Å². The number of ether oxygens (including phenoxy) is 1. The van der Waals surface area contributed by atoms with Crippen molar-refractivity contribution in [3.8, 4) is 0 Å². The third-order valence-electron chi connectivity index (χ3n) is 4.95. The lowest BCUT2D eigenvalue weighted by molar-refractivity contribution is 0.117. The quantitative estimate of drug-likeness (QED) is 0.376. The van der Waals surface area contributed by atoms with Gasteiger partial charge in [-0.05, 0) is 25.3 Å². The molecule has 29 heavy (non-hydrogen) atoms. The average Bonchev–Trinajstić information content (AvgIpc) is 3.27. The maximum atomic E-state index is 5.75. The van der Waals surface area contributed by atoms with Crippen LogP contribution < -0.4 is 5.32 Å². The summed E-state index contributed by atoms with van der Waals surface area (Å²) in [6, 6.07) is 12.2. The first kappa shape index (κ1) is 21.3. The van der Waals surface area contributed by atoms with E-state index in [0.717, 1.165) is 76.9 Å². The molecule has 0 amide bonds. The summed E-state index contributed by atoms with van der Waals surface area (Å²) in [5.74, 6) is 1.03. The number of nitrogens with one attached hydrogen (secondary N) is 1. The average molecular weight is 400 g/mol. The summed E-state index contributed by atoms with van der Waals surface area (Å²) in [4.78, 5) is 9.58. The summed E-state index contributed by atoms with van der Waals surface area (Å²) in [5, 5.41) is 7.44. The van der Waals surface area contributed by atoms with E-state index in [2.05, 4.69) is 39.3 Å². The fraction of sp³-hybridized carbons (Fsp3) is 0.545. The number of unbranched alkanes of at least 4 members (excludes halogenated alkanes) is 1. The molecule has 2 aromatic rings. The minimum absolute atomic E-state index is 0.686. The Morgan fingerprint density at radius 3 is 2.69 bits per heavy atom. The highest BCUT2D eigenvalue weighted by Crippen LogP contribution is 2.08. The molecule has 7 nitrogen and oxygen atoms in total. The van der Waals surface area contributed by atoms with Crippen LogP contribution in [-0.4, -0.2) is 66.8 Å². The number of guanidine groups is 1. The van der Waals surface area contributed by atoms with Crippen LogP contribution in [0.15, 0.2) is 52.2 Å². The lowest BCUT2D eigenvalue weighted by Gasteiger charge is -2.36. The van der Waals surface area contributed by atoms with Crippen LogP contribution in [0, 0.1) is 0 Å². The van der Waals surface area contributed by atoms with Crippen molar-refractivity contribution in [3.63, 3.8) is 0 Å². The number of nitrogens with zero attached hydrogens (tertiary/aromatic N) is 4. The van der Waals surface area contributed by atoms with Crippen LogP contribution in [0.3, 0.4) is 0 Å². The van der Waals surface area contributed by atoms with Gasteiger partial charge in [0.05, 0.1) is 12.3 Å². The maximum absolute atomic E-state index is 5.75. The molecule has 158 valence electrons. The van der Waals surface area contributed by atoms with E-state index in [1.54, 1.807) is 6.26 Å². The molecule has 1 aromatic heterocycles. The third-order valence-corrected chi connectivity index (χ3v) is 4.95. The second-order valence-corrected chi connectivity index (χ2v) is 7.23. The summed E-state index contributed by atoms with van der Waals surface area (Å²) in [6.45, 7) is 10.1. The topological polar surface area (TPSA) is 66.1 Å². The Hall–Kier alpha value is -2.38. The van der Waals surface area contributed by atoms with Crippen LogP contribution in [0.5, 0.6) is 0 Å². The first-order chi connectivity index (χ1) is 14.3. The Kier molecular flexibility index (Phi) is 9.00. The van der Waals surface area contributed by atoms with Gasteiger partial charge in [0, 0.05) is 58.5 Å². The van der Waals surface area contributed by atoms with E-state index >= 15 is 0 Å². The fourth-order valence-electron chi connectivity index (χ4n) is 3.36. The first-order valence-corrected chi connectivity index (χ1v) is 10.6. The molecule has 1 aromatic carbocycles. The predicted molar refractivity (Wildman–Crippen MR) is 115 cm³/mol. The summed E-state index contributed by atoms with van der Waals surface area (Å²) in [5.41, 5.74) is 2.22. The van der Waals surface area contributed by atoms with Crippen molar-refractivity contribution in [2.75, 3.05) is 45.9 Å². The largest absolute Gasteiger partial charge is 0.377 e. The van der Waals surface area contributed by atoms with E-state index in [1.807, 2.05) is 24.3 Å².